The summed E-state index contributed by atoms with van der Waals surface area (Å²) in [7, 11) is 1.59. The van der Waals surface area contributed by atoms with E-state index in [0.717, 1.165) is 17.7 Å². The van der Waals surface area contributed by atoms with Gasteiger partial charge in [-0.15, -0.1) is 0 Å². The summed E-state index contributed by atoms with van der Waals surface area (Å²) in [5, 5.41) is 3.16. The Kier molecular flexibility index (Phi) is 5.35. The zero-order chi connectivity index (χ0) is 21.1. The van der Waals surface area contributed by atoms with Crippen LogP contribution < -0.4 is 15.0 Å². The molecule has 150 valence electrons. The lowest BCUT2D eigenvalue weighted by Gasteiger charge is -2.16. The third-order valence-corrected chi connectivity index (χ3v) is 5.11. The minimum Gasteiger partial charge on any atom is -0.497 e. The Morgan fingerprint density at radius 1 is 0.833 bits per heavy atom. The van der Waals surface area contributed by atoms with Gasteiger partial charge in [0.15, 0.2) is 0 Å². The van der Waals surface area contributed by atoms with E-state index in [2.05, 4.69) is 12.2 Å². The van der Waals surface area contributed by atoms with E-state index in [1.54, 1.807) is 31.4 Å². The zero-order valence-corrected chi connectivity index (χ0v) is 16.9. The molecule has 1 aliphatic heterocycles. The summed E-state index contributed by atoms with van der Waals surface area (Å²) in [6, 6.07) is 24.0. The van der Waals surface area contributed by atoms with E-state index in [9.17, 15) is 9.59 Å². The van der Waals surface area contributed by atoms with E-state index in [-0.39, 0.29) is 17.5 Å². The maximum atomic E-state index is 13.4. The molecule has 0 saturated heterocycles. The molecule has 1 N–H and O–H groups in total. The maximum Gasteiger partial charge on any atom is 0.282 e. The van der Waals surface area contributed by atoms with E-state index >= 15 is 0 Å². The Morgan fingerprint density at radius 2 is 1.50 bits per heavy atom. The Bertz CT molecular complexity index is 1100. The first-order chi connectivity index (χ1) is 14.6. The van der Waals surface area contributed by atoms with E-state index in [4.69, 9.17) is 4.74 Å². The van der Waals surface area contributed by atoms with Crippen LogP contribution in [0.4, 0.5) is 11.4 Å². The molecule has 5 nitrogen and oxygen atoms in total. The van der Waals surface area contributed by atoms with Crippen molar-refractivity contribution in [2.45, 2.75) is 13.3 Å². The molecule has 0 saturated carbocycles. The van der Waals surface area contributed by atoms with Crippen molar-refractivity contribution in [1.29, 1.82) is 0 Å². The fourth-order valence-electron chi connectivity index (χ4n) is 3.45. The maximum absolute atomic E-state index is 13.4. The highest BCUT2D eigenvalue weighted by Gasteiger charge is 2.40. The van der Waals surface area contributed by atoms with Gasteiger partial charge in [-0.1, -0.05) is 49.4 Å². The van der Waals surface area contributed by atoms with Crippen LogP contribution in [-0.4, -0.2) is 18.9 Å². The van der Waals surface area contributed by atoms with Crippen molar-refractivity contribution in [3.63, 3.8) is 0 Å². The quantitative estimate of drug-likeness (QED) is 0.614. The number of imide groups is 1. The number of carbonyl (C=O) groups excluding carboxylic acids is 2. The van der Waals surface area contributed by atoms with Gasteiger partial charge in [0.1, 0.15) is 11.4 Å². The van der Waals surface area contributed by atoms with Crippen molar-refractivity contribution in [2.75, 3.05) is 17.3 Å². The van der Waals surface area contributed by atoms with Gasteiger partial charge >= 0.3 is 0 Å². The highest BCUT2D eigenvalue weighted by Crippen LogP contribution is 2.34. The van der Waals surface area contributed by atoms with Crippen LogP contribution in [-0.2, 0) is 16.0 Å². The van der Waals surface area contributed by atoms with E-state index < -0.39 is 0 Å². The summed E-state index contributed by atoms with van der Waals surface area (Å²) in [4.78, 5) is 28.0. The second-order valence-corrected chi connectivity index (χ2v) is 6.94. The first kappa shape index (κ1) is 19.5. The molecular formula is C25H22N2O3. The summed E-state index contributed by atoms with van der Waals surface area (Å²) in [6.07, 6.45) is 0.887. The lowest BCUT2D eigenvalue weighted by molar-refractivity contribution is -0.120. The van der Waals surface area contributed by atoms with Gasteiger partial charge in [0.2, 0.25) is 0 Å². The predicted molar refractivity (Wildman–Crippen MR) is 118 cm³/mol. The fourth-order valence-corrected chi connectivity index (χ4v) is 3.45. The molecular weight excluding hydrogens is 376 g/mol. The molecule has 0 radical (unpaired) electrons. The van der Waals surface area contributed by atoms with Crippen molar-refractivity contribution in [3.8, 4) is 5.75 Å². The third-order valence-electron chi connectivity index (χ3n) is 5.11. The zero-order valence-electron chi connectivity index (χ0n) is 16.9. The highest BCUT2D eigenvalue weighted by atomic mass is 16.5. The van der Waals surface area contributed by atoms with Crippen molar-refractivity contribution in [2.24, 2.45) is 0 Å². The summed E-state index contributed by atoms with van der Waals surface area (Å²) in [6.45, 7) is 2.06. The second kappa shape index (κ2) is 8.25. The molecule has 2 amide bonds. The number of carbonyl (C=O) groups is 2. The second-order valence-electron chi connectivity index (χ2n) is 6.94. The first-order valence-corrected chi connectivity index (χ1v) is 9.81. The lowest BCUT2D eigenvalue weighted by Crippen LogP contribution is -2.32. The van der Waals surface area contributed by atoms with Crippen LogP contribution in [0.25, 0.3) is 5.57 Å². The summed E-state index contributed by atoms with van der Waals surface area (Å²) >= 11 is 0. The van der Waals surface area contributed by atoms with Crippen LogP contribution in [0.15, 0.2) is 84.6 Å². The number of rotatable bonds is 6. The van der Waals surface area contributed by atoms with E-state index in [1.807, 2.05) is 54.6 Å². The number of methoxy groups -OCH3 is 1. The monoisotopic (exact) mass is 398 g/mol. The Balaban J connectivity index is 1.78. The topological polar surface area (TPSA) is 58.6 Å². The van der Waals surface area contributed by atoms with Crippen LogP contribution in [0.3, 0.4) is 0 Å². The summed E-state index contributed by atoms with van der Waals surface area (Å²) < 4.78 is 5.22. The SMILES string of the molecule is CCc1ccc(N2C(=O)C(Nc3ccccc3)=C(c3ccc(OC)cc3)C2=O)cc1. The molecule has 0 aromatic heterocycles. The molecule has 0 bridgehead atoms. The van der Waals surface area contributed by atoms with Crippen molar-refractivity contribution in [3.05, 3.63) is 95.7 Å². The molecule has 1 heterocycles. The van der Waals surface area contributed by atoms with Crippen molar-refractivity contribution < 1.29 is 14.3 Å². The number of hydrogen-bond donors (Lipinski definition) is 1. The molecule has 5 heteroatoms. The molecule has 3 aromatic rings. The number of amides is 2. The Hall–Kier alpha value is -3.86. The average Bonchev–Trinajstić information content (AvgIpc) is 3.04. The number of anilines is 2. The van der Waals surface area contributed by atoms with Crippen molar-refractivity contribution in [1.82, 2.24) is 0 Å². The minimum atomic E-state index is -0.376. The van der Waals surface area contributed by atoms with E-state index in [1.165, 1.54) is 4.90 Å². The van der Waals surface area contributed by atoms with Gasteiger partial charge in [-0.05, 0) is 53.9 Å². The minimum absolute atomic E-state index is 0.260. The average molecular weight is 398 g/mol. The van der Waals surface area contributed by atoms with Crippen LogP contribution in [0.2, 0.25) is 0 Å². The van der Waals surface area contributed by atoms with Crippen LogP contribution in [0.1, 0.15) is 18.1 Å². The molecule has 30 heavy (non-hydrogen) atoms. The van der Waals surface area contributed by atoms with Gasteiger partial charge < -0.3 is 10.1 Å². The number of nitrogens with one attached hydrogen (secondary N) is 1. The molecule has 3 aromatic carbocycles. The number of para-hydroxylation sites is 1. The molecule has 0 atom stereocenters. The fraction of sp³-hybridized carbons (Fsp3) is 0.120. The highest BCUT2D eigenvalue weighted by molar-refractivity contribution is 6.46. The number of aryl methyl sites for hydroxylation is 1. The number of nitrogens with zero attached hydrogens (tertiary/aromatic N) is 1. The van der Waals surface area contributed by atoms with E-state index in [0.29, 0.717) is 22.6 Å². The van der Waals surface area contributed by atoms with Crippen LogP contribution in [0, 0.1) is 0 Å². The normalized spacial score (nSPS) is 13.7. The number of benzene rings is 3. The van der Waals surface area contributed by atoms with Gasteiger partial charge in [0.25, 0.3) is 11.8 Å². The van der Waals surface area contributed by atoms with Crippen molar-refractivity contribution >= 4 is 28.8 Å². The number of hydrogen-bond acceptors (Lipinski definition) is 4. The Morgan fingerprint density at radius 3 is 2.10 bits per heavy atom. The number of ether oxygens (including phenoxy) is 1. The van der Waals surface area contributed by atoms with Crippen LogP contribution in [0.5, 0.6) is 5.75 Å². The molecule has 4 rings (SSSR count). The third kappa shape index (κ3) is 3.57. The van der Waals surface area contributed by atoms with Gasteiger partial charge in [-0.25, -0.2) is 4.90 Å². The molecule has 0 spiro atoms. The molecule has 1 aliphatic rings. The van der Waals surface area contributed by atoms with Crippen LogP contribution >= 0.6 is 0 Å². The first-order valence-electron chi connectivity index (χ1n) is 9.81. The summed E-state index contributed by atoms with van der Waals surface area (Å²) in [5.74, 6) is -0.0486. The van der Waals surface area contributed by atoms with Gasteiger partial charge in [-0.2, -0.15) is 0 Å². The largest absolute Gasteiger partial charge is 0.497 e. The van der Waals surface area contributed by atoms with Gasteiger partial charge in [0, 0.05) is 5.69 Å². The Labute approximate surface area is 175 Å². The predicted octanol–water partition coefficient (Wildman–Crippen LogP) is 4.65. The molecule has 0 fully saturated rings. The van der Waals surface area contributed by atoms with Gasteiger partial charge in [0.05, 0.1) is 18.4 Å². The molecule has 0 unspecified atom stereocenters. The smallest absolute Gasteiger partial charge is 0.282 e. The van der Waals surface area contributed by atoms with Gasteiger partial charge in [-0.3, -0.25) is 9.59 Å². The molecule has 0 aliphatic carbocycles. The standard InChI is InChI=1S/C25H22N2O3/c1-3-17-9-13-20(14-10-17)27-24(28)22(18-11-15-21(30-2)16-12-18)23(25(27)29)26-19-7-5-4-6-8-19/h4-16,26H,3H2,1-2H3. The summed E-state index contributed by atoms with van der Waals surface area (Å²) in [5.41, 5.74) is 3.69. The lowest BCUT2D eigenvalue weighted by atomic mass is 10.0.